The fourth-order valence-electron chi connectivity index (χ4n) is 2.50. The van der Waals surface area contributed by atoms with Gasteiger partial charge in [0.05, 0.1) is 29.9 Å². The van der Waals surface area contributed by atoms with Gasteiger partial charge in [0.1, 0.15) is 11.5 Å². The number of benzene rings is 2. The molecule has 0 radical (unpaired) electrons. The summed E-state index contributed by atoms with van der Waals surface area (Å²) in [6.07, 6.45) is -10.2. The molecule has 4 nitrogen and oxygen atoms in total. The summed E-state index contributed by atoms with van der Waals surface area (Å²) in [6, 6.07) is 6.14. The second-order valence-electron chi connectivity index (χ2n) is 6.44. The third-order valence-corrected chi connectivity index (χ3v) is 4.15. The Morgan fingerprint density at radius 1 is 0.862 bits per heavy atom. The zero-order chi connectivity index (χ0) is 21.8. The van der Waals surface area contributed by atoms with Gasteiger partial charge in [0.25, 0.3) is 0 Å². The molecule has 2 aromatic carbocycles. The van der Waals surface area contributed by atoms with Crippen LogP contribution < -0.4 is 10.5 Å². The molecular formula is C19H19F6NO3. The van der Waals surface area contributed by atoms with E-state index >= 15 is 0 Å². The molecule has 0 heterocycles. The number of nitrogens with two attached hydrogens (primary N) is 1. The molecule has 4 N–H and O–H groups in total. The number of aliphatic hydroxyl groups excluding tert-OH is 2. The van der Waals surface area contributed by atoms with Crippen LogP contribution in [-0.4, -0.2) is 29.0 Å². The first kappa shape index (κ1) is 23.0. The Kier molecular flexibility index (Phi) is 7.15. The zero-order valence-corrected chi connectivity index (χ0v) is 15.0. The predicted molar refractivity (Wildman–Crippen MR) is 92.4 cm³/mol. The molecule has 29 heavy (non-hydrogen) atoms. The van der Waals surface area contributed by atoms with Gasteiger partial charge in [-0.15, -0.1) is 0 Å². The maximum absolute atomic E-state index is 12.9. The van der Waals surface area contributed by atoms with E-state index in [9.17, 15) is 31.4 Å². The van der Waals surface area contributed by atoms with Crippen molar-refractivity contribution in [1.29, 1.82) is 0 Å². The monoisotopic (exact) mass is 423 g/mol. The van der Waals surface area contributed by atoms with E-state index < -0.39 is 41.4 Å². The highest BCUT2D eigenvalue weighted by molar-refractivity contribution is 5.40. The standard InChI is InChI=1S/C19H19F6NO3/c20-18(21,22)12-7-13(19(23,24)25)9-15(8-12)29-14-4-1-11(2-5-14)3-6-17(28)16(26)10-27/h1-2,4-5,7-9,16-17,27-28H,3,6,10,26H2. The Balaban J connectivity index is 2.15. The van der Waals surface area contributed by atoms with Crippen molar-refractivity contribution in [2.24, 2.45) is 5.73 Å². The normalized spacial score (nSPS) is 14.5. The first-order chi connectivity index (χ1) is 13.4. The topological polar surface area (TPSA) is 75.7 Å². The van der Waals surface area contributed by atoms with Gasteiger partial charge in [0.2, 0.25) is 0 Å². The molecule has 2 rings (SSSR count). The summed E-state index contributed by atoms with van der Waals surface area (Å²) < 4.78 is 82.5. The van der Waals surface area contributed by atoms with Gasteiger partial charge in [-0.25, -0.2) is 0 Å². The summed E-state index contributed by atoms with van der Waals surface area (Å²) >= 11 is 0. The van der Waals surface area contributed by atoms with Gasteiger partial charge in [0, 0.05) is 0 Å². The van der Waals surface area contributed by atoms with Crippen molar-refractivity contribution in [2.45, 2.75) is 37.3 Å². The third kappa shape index (κ3) is 6.62. The molecule has 0 fully saturated rings. The molecule has 2 atom stereocenters. The van der Waals surface area contributed by atoms with E-state index in [0.717, 1.165) is 5.56 Å². The van der Waals surface area contributed by atoms with Gasteiger partial charge in [-0.3, -0.25) is 0 Å². The molecule has 0 amide bonds. The van der Waals surface area contributed by atoms with Crippen LogP contribution in [0.25, 0.3) is 0 Å². The average Bonchev–Trinajstić information content (AvgIpc) is 2.65. The Hall–Kier alpha value is -2.30. The molecule has 0 spiro atoms. The van der Waals surface area contributed by atoms with Crippen LogP contribution in [0.4, 0.5) is 26.3 Å². The van der Waals surface area contributed by atoms with E-state index in [1.807, 2.05) is 0 Å². The van der Waals surface area contributed by atoms with E-state index in [4.69, 9.17) is 15.6 Å². The summed E-state index contributed by atoms with van der Waals surface area (Å²) in [6.45, 7) is -0.370. The van der Waals surface area contributed by atoms with E-state index in [2.05, 4.69) is 0 Å². The van der Waals surface area contributed by atoms with Crippen LogP contribution in [0.5, 0.6) is 11.5 Å². The number of ether oxygens (including phenoxy) is 1. The van der Waals surface area contributed by atoms with E-state index in [1.165, 1.54) is 12.1 Å². The van der Waals surface area contributed by atoms with E-state index in [0.29, 0.717) is 18.6 Å². The predicted octanol–water partition coefficient (Wildman–Crippen LogP) is 4.13. The fourth-order valence-corrected chi connectivity index (χ4v) is 2.50. The van der Waals surface area contributed by atoms with Crippen molar-refractivity contribution in [3.63, 3.8) is 0 Å². The minimum absolute atomic E-state index is 0.0261. The smallest absolute Gasteiger partial charge is 0.416 e. The van der Waals surface area contributed by atoms with Crippen LogP contribution in [-0.2, 0) is 18.8 Å². The highest BCUT2D eigenvalue weighted by Crippen LogP contribution is 2.39. The van der Waals surface area contributed by atoms with Crippen molar-refractivity contribution in [1.82, 2.24) is 0 Å². The van der Waals surface area contributed by atoms with Crippen LogP contribution in [0, 0.1) is 0 Å². The molecule has 10 heteroatoms. The molecule has 0 aliphatic carbocycles. The summed E-state index contributed by atoms with van der Waals surface area (Å²) in [5, 5.41) is 18.6. The first-order valence-corrected chi connectivity index (χ1v) is 8.51. The van der Waals surface area contributed by atoms with Crippen molar-refractivity contribution >= 4 is 0 Å². The van der Waals surface area contributed by atoms with Crippen molar-refractivity contribution in [3.8, 4) is 11.5 Å². The van der Waals surface area contributed by atoms with E-state index in [-0.39, 0.29) is 24.8 Å². The van der Waals surface area contributed by atoms with Crippen LogP contribution in [0.2, 0.25) is 0 Å². The fraction of sp³-hybridized carbons (Fsp3) is 0.368. The highest BCUT2D eigenvalue weighted by atomic mass is 19.4. The lowest BCUT2D eigenvalue weighted by Gasteiger charge is -2.16. The lowest BCUT2D eigenvalue weighted by molar-refractivity contribution is -0.143. The Morgan fingerprint density at radius 3 is 1.83 bits per heavy atom. The van der Waals surface area contributed by atoms with Crippen molar-refractivity contribution in [2.75, 3.05) is 6.61 Å². The maximum atomic E-state index is 12.9. The van der Waals surface area contributed by atoms with Gasteiger partial charge in [0.15, 0.2) is 0 Å². The van der Waals surface area contributed by atoms with Crippen LogP contribution in [0.1, 0.15) is 23.1 Å². The molecule has 0 aromatic heterocycles. The number of hydrogen-bond acceptors (Lipinski definition) is 4. The number of hydrogen-bond donors (Lipinski definition) is 3. The van der Waals surface area contributed by atoms with Crippen molar-refractivity contribution in [3.05, 3.63) is 59.2 Å². The first-order valence-electron chi connectivity index (χ1n) is 8.51. The largest absolute Gasteiger partial charge is 0.457 e. The molecule has 160 valence electrons. The lowest BCUT2D eigenvalue weighted by Crippen LogP contribution is -2.38. The molecule has 0 bridgehead atoms. The minimum atomic E-state index is -4.96. The molecule has 2 unspecified atom stereocenters. The van der Waals surface area contributed by atoms with Gasteiger partial charge in [-0.1, -0.05) is 12.1 Å². The summed E-state index contributed by atoms with van der Waals surface area (Å²) in [5.41, 5.74) is 3.30. The Labute approximate surface area is 162 Å². The Morgan fingerprint density at radius 2 is 1.38 bits per heavy atom. The summed E-state index contributed by atoms with van der Waals surface area (Å²) in [7, 11) is 0. The lowest BCUT2D eigenvalue weighted by atomic mass is 10.0. The molecule has 0 aliphatic heterocycles. The van der Waals surface area contributed by atoms with Crippen molar-refractivity contribution < 1.29 is 41.3 Å². The minimum Gasteiger partial charge on any atom is -0.457 e. The number of aliphatic hydroxyl groups is 2. The Bertz CT molecular complexity index is 773. The summed E-state index contributed by atoms with van der Waals surface area (Å²) in [4.78, 5) is 0. The maximum Gasteiger partial charge on any atom is 0.416 e. The molecule has 2 aromatic rings. The quantitative estimate of drug-likeness (QED) is 0.586. The SMILES string of the molecule is NC(CO)C(O)CCc1ccc(Oc2cc(C(F)(F)F)cc(C(F)(F)F)c2)cc1. The van der Waals surface area contributed by atoms with Gasteiger partial charge >= 0.3 is 12.4 Å². The molecule has 0 saturated heterocycles. The van der Waals surface area contributed by atoms with Gasteiger partial charge < -0.3 is 20.7 Å². The van der Waals surface area contributed by atoms with Crippen LogP contribution in [0.3, 0.4) is 0 Å². The number of aryl methyl sites for hydroxylation is 1. The highest BCUT2D eigenvalue weighted by Gasteiger charge is 2.37. The molecule has 0 aliphatic rings. The summed E-state index contributed by atoms with van der Waals surface area (Å²) in [5.74, 6) is -0.543. The van der Waals surface area contributed by atoms with Gasteiger partial charge in [-0.05, 0) is 48.7 Å². The van der Waals surface area contributed by atoms with Gasteiger partial charge in [-0.2, -0.15) is 26.3 Å². The number of rotatable bonds is 7. The second-order valence-corrected chi connectivity index (χ2v) is 6.44. The third-order valence-electron chi connectivity index (χ3n) is 4.15. The van der Waals surface area contributed by atoms with Crippen LogP contribution in [0.15, 0.2) is 42.5 Å². The molecular weight excluding hydrogens is 404 g/mol. The number of alkyl halides is 6. The molecule has 0 saturated carbocycles. The second kappa shape index (κ2) is 9.02. The van der Waals surface area contributed by atoms with E-state index in [1.54, 1.807) is 12.1 Å². The van der Waals surface area contributed by atoms with Crippen LogP contribution >= 0.6 is 0 Å². The number of halogens is 6. The average molecular weight is 423 g/mol. The zero-order valence-electron chi connectivity index (χ0n) is 15.0.